The summed E-state index contributed by atoms with van der Waals surface area (Å²) in [6.07, 6.45) is 0. The molecule has 0 saturated carbocycles. The highest BCUT2D eigenvalue weighted by atomic mass is 32.1. The average Bonchev–Trinajstić information content (AvgIpc) is 1.24. The predicted molar refractivity (Wildman–Crippen MR) is 605 cm³/mol. The number of rotatable bonds is 8. The van der Waals surface area contributed by atoms with E-state index in [-0.39, 0.29) is 0 Å². The van der Waals surface area contributed by atoms with Crippen LogP contribution in [0.1, 0.15) is 0 Å². The Morgan fingerprint density at radius 2 is 0.486 bits per heavy atom. The number of aromatic nitrogens is 8. The van der Waals surface area contributed by atoms with Crippen molar-refractivity contribution in [3.05, 3.63) is 473 Å². The van der Waals surface area contributed by atoms with Crippen molar-refractivity contribution in [1.82, 2.24) is 39.9 Å². The number of para-hydroxylation sites is 3. The van der Waals surface area contributed by atoms with E-state index in [1.54, 1.807) is 0 Å². The molecule has 10 nitrogen and oxygen atoms in total. The Hall–Kier alpha value is -18.7. The fraction of sp³-hybridized carbons (Fsp3) is 0. The second-order valence-corrected chi connectivity index (χ2v) is 38.6. The van der Waals surface area contributed by atoms with E-state index >= 15 is 0 Å². The number of nitrogens with zero attached hydrogens (tertiary/aromatic N) is 8. The molecule has 23 aromatic carbocycles. The van der Waals surface area contributed by atoms with Crippen LogP contribution in [0.4, 0.5) is 0 Å². The molecule has 0 bridgehead atoms. The molecule has 8 heterocycles. The molecule has 0 radical (unpaired) electrons. The molecule has 0 aliphatic rings. The molecule has 0 atom stereocenters. The second-order valence-electron chi connectivity index (χ2n) is 36.4. The van der Waals surface area contributed by atoms with Gasteiger partial charge in [0, 0.05) is 149 Å². The van der Waals surface area contributed by atoms with Gasteiger partial charge in [0.15, 0.2) is 23.3 Å². The number of furan rings is 2. The lowest BCUT2D eigenvalue weighted by Crippen LogP contribution is -1.96. The van der Waals surface area contributed by atoms with Crippen LogP contribution in [0.3, 0.4) is 0 Å². The fourth-order valence-electron chi connectivity index (χ4n) is 21.4. The van der Waals surface area contributed by atoms with Crippen molar-refractivity contribution < 1.29 is 8.83 Å². The van der Waals surface area contributed by atoms with Crippen LogP contribution in [0.25, 0.3) is 294 Å². The molecule has 670 valence electrons. The summed E-state index contributed by atoms with van der Waals surface area (Å²) < 4.78 is 17.6. The Morgan fingerprint density at radius 3 is 0.972 bits per heavy atom. The molecule has 0 saturated heterocycles. The van der Waals surface area contributed by atoms with Crippen LogP contribution < -0.4 is 0 Å². The van der Waals surface area contributed by atoms with Crippen LogP contribution in [0, 0.1) is 0 Å². The Balaban J connectivity index is 0.0000000935. The number of fused-ring (bicyclic) bond motifs is 28. The molecular formula is C132H78N8O2S2. The molecule has 144 heavy (non-hydrogen) atoms. The zero-order valence-corrected chi connectivity index (χ0v) is 78.9. The summed E-state index contributed by atoms with van der Waals surface area (Å²) in [4.78, 5) is 41.4. The molecule has 8 aromatic heterocycles. The van der Waals surface area contributed by atoms with Crippen LogP contribution >= 0.6 is 22.7 Å². The zero-order valence-electron chi connectivity index (χ0n) is 77.2. The summed E-state index contributed by atoms with van der Waals surface area (Å²) in [6.45, 7) is 0. The van der Waals surface area contributed by atoms with Crippen LogP contribution in [0.15, 0.2) is 482 Å². The maximum absolute atomic E-state index is 6.23. The van der Waals surface area contributed by atoms with E-state index in [1.165, 1.54) is 78.0 Å². The lowest BCUT2D eigenvalue weighted by atomic mass is 9.97. The minimum Gasteiger partial charge on any atom is -0.456 e. The minimum absolute atomic E-state index is 0.711. The lowest BCUT2D eigenvalue weighted by Gasteiger charge is -2.13. The van der Waals surface area contributed by atoms with E-state index in [9.17, 15) is 0 Å². The molecule has 0 fully saturated rings. The molecule has 0 amide bonds. The van der Waals surface area contributed by atoms with E-state index in [0.29, 0.717) is 11.6 Å². The average molecular weight is 1870 g/mol. The van der Waals surface area contributed by atoms with Crippen LogP contribution in [0.5, 0.6) is 0 Å². The maximum atomic E-state index is 6.23. The monoisotopic (exact) mass is 1870 g/mol. The van der Waals surface area contributed by atoms with Gasteiger partial charge in [-0.05, 0) is 139 Å². The summed E-state index contributed by atoms with van der Waals surface area (Å²) >= 11 is 3.69. The summed E-state index contributed by atoms with van der Waals surface area (Å²) in [5.74, 6) is 2.95. The Bertz CT molecular complexity index is 10700. The first-order valence-electron chi connectivity index (χ1n) is 48.3. The van der Waals surface area contributed by atoms with Crippen LogP contribution in [-0.4, -0.2) is 39.9 Å². The highest BCUT2D eigenvalue weighted by Crippen LogP contribution is 2.49. The molecule has 31 rings (SSSR count). The largest absolute Gasteiger partial charge is 0.456 e. The Kier molecular flexibility index (Phi) is 20.1. The van der Waals surface area contributed by atoms with E-state index in [1.807, 2.05) is 77.3 Å². The van der Waals surface area contributed by atoms with Crippen LogP contribution in [-0.2, 0) is 0 Å². The SMILES string of the molecule is c1ccc(-c2nc(-c3cccc4cc5c(cc34)oc3ccccc35)nc3c2ccc2ccccc23)cc1.c1ccc(-c2nc(-c3cccc4cc5c(cc34)oc3ccccc35)nc3ccc4ccccc4c23)cc1.c1ccc(-c2nc(-c3cccc4ccc5sc6ccccc6c5c34)nc3c2ccc2ccccc23)cc1.c1ccc(-c2nc(-c3cccc4ccc5sc6ccccc6c5c34)nc3ccccc23)cc1. The summed E-state index contributed by atoms with van der Waals surface area (Å²) in [6, 6.07) is 165. The molecule has 31 aromatic rings. The molecule has 0 aliphatic carbocycles. The van der Waals surface area contributed by atoms with Crippen molar-refractivity contribution in [3.8, 4) is 90.6 Å². The van der Waals surface area contributed by atoms with Crippen molar-refractivity contribution in [1.29, 1.82) is 0 Å². The summed E-state index contributed by atoms with van der Waals surface area (Å²) in [5, 5.41) is 30.2. The number of benzene rings is 23. The molecule has 12 heteroatoms. The third-order valence-electron chi connectivity index (χ3n) is 28.0. The number of hydrogen-bond donors (Lipinski definition) is 0. The van der Waals surface area contributed by atoms with E-state index in [4.69, 9.17) is 48.7 Å². The molecule has 0 N–H and O–H groups in total. The first-order valence-corrected chi connectivity index (χ1v) is 49.9. The van der Waals surface area contributed by atoms with Crippen molar-refractivity contribution in [2.45, 2.75) is 0 Å². The topological polar surface area (TPSA) is 129 Å². The van der Waals surface area contributed by atoms with Gasteiger partial charge in [-0.3, -0.25) is 0 Å². The van der Waals surface area contributed by atoms with Crippen molar-refractivity contribution in [3.63, 3.8) is 0 Å². The van der Waals surface area contributed by atoms with E-state index in [0.717, 1.165) is 204 Å². The minimum atomic E-state index is 0.711. The predicted octanol–water partition coefficient (Wildman–Crippen LogP) is 36.5. The van der Waals surface area contributed by atoms with Crippen molar-refractivity contribution >= 4 is 226 Å². The summed E-state index contributed by atoms with van der Waals surface area (Å²) in [5.41, 5.74) is 19.7. The fourth-order valence-corrected chi connectivity index (χ4v) is 23.6. The van der Waals surface area contributed by atoms with Crippen molar-refractivity contribution in [2.75, 3.05) is 0 Å². The molecule has 0 unspecified atom stereocenters. The second kappa shape index (κ2) is 34.7. The van der Waals surface area contributed by atoms with Gasteiger partial charge in [-0.1, -0.05) is 388 Å². The normalized spacial score (nSPS) is 11.8. The van der Waals surface area contributed by atoms with Gasteiger partial charge in [-0.2, -0.15) is 0 Å². The quantitative estimate of drug-likeness (QED) is 0.136. The Labute approximate surface area is 832 Å². The molecule has 0 spiro atoms. The zero-order chi connectivity index (χ0) is 94.8. The van der Waals surface area contributed by atoms with E-state index in [2.05, 4.69) is 419 Å². The lowest BCUT2D eigenvalue weighted by molar-refractivity contribution is 0.669. The first kappa shape index (κ1) is 83.4. The van der Waals surface area contributed by atoms with Gasteiger partial charge in [0.05, 0.1) is 44.8 Å². The first-order chi connectivity index (χ1) is 71.4. The van der Waals surface area contributed by atoms with E-state index < -0.39 is 0 Å². The molecular weight excluding hydrogens is 1790 g/mol. The standard InChI is InChI=1S/2C34H20N2O.C34H20N2S.C30H18N2S/c1-2-10-22(11-3-1)33-32-24-13-5-4-9-21(24)17-18-29(32)35-34(36-33)26-15-8-12-23-19-28-25-14-6-7-16-30(25)37-31(28)20-27(23)26;1-2-10-22(11-3-1)32-27-18-17-21-9-4-5-13-24(21)33(27)36-34(35-32)26-15-8-12-23-19-29-25-14-6-7-16-30(25)37-31(29)20-28(23)26;1-2-10-23(11-3-1)32-27-19-17-21-9-4-5-13-24(21)33(27)36-34(35-32)26-15-8-12-22-18-20-29-31(30(22)26)25-14-6-7-16-28(25)37-29;1-2-9-20(10-3-1)29-21-12-4-6-15-24(21)31-30(32-29)23-14-8-11-19-17-18-26-28(27(19)23)22-13-5-7-16-25(22)33-26/h3*1-20H;1-18H. The number of hydrogen-bond acceptors (Lipinski definition) is 12. The van der Waals surface area contributed by atoms with Gasteiger partial charge in [0.25, 0.3) is 0 Å². The molecule has 0 aliphatic heterocycles. The van der Waals surface area contributed by atoms with Gasteiger partial charge in [0.1, 0.15) is 22.3 Å². The highest BCUT2D eigenvalue weighted by Gasteiger charge is 2.25. The van der Waals surface area contributed by atoms with Gasteiger partial charge in [-0.25, -0.2) is 39.9 Å². The van der Waals surface area contributed by atoms with Gasteiger partial charge < -0.3 is 8.83 Å². The highest BCUT2D eigenvalue weighted by molar-refractivity contribution is 7.26. The van der Waals surface area contributed by atoms with Crippen molar-refractivity contribution in [2.24, 2.45) is 0 Å². The third kappa shape index (κ3) is 14.4. The van der Waals surface area contributed by atoms with Gasteiger partial charge in [-0.15, -0.1) is 22.7 Å². The Morgan fingerprint density at radius 1 is 0.153 bits per heavy atom. The summed E-state index contributed by atoms with van der Waals surface area (Å²) in [7, 11) is 0. The number of thiophene rings is 2. The smallest absolute Gasteiger partial charge is 0.161 e. The van der Waals surface area contributed by atoms with Crippen LogP contribution in [0.2, 0.25) is 0 Å². The maximum Gasteiger partial charge on any atom is 0.161 e. The third-order valence-corrected chi connectivity index (χ3v) is 30.3. The van der Waals surface area contributed by atoms with Gasteiger partial charge >= 0.3 is 0 Å². The van der Waals surface area contributed by atoms with Gasteiger partial charge in [0.2, 0.25) is 0 Å².